The Kier molecular flexibility index (Phi) is 5.33. The summed E-state index contributed by atoms with van der Waals surface area (Å²) in [5, 5.41) is 0. The van der Waals surface area contributed by atoms with Gasteiger partial charge >= 0.3 is 0 Å². The Morgan fingerprint density at radius 2 is 1.35 bits per heavy atom. The predicted octanol–water partition coefficient (Wildman–Crippen LogP) is 6.23. The van der Waals surface area contributed by atoms with Crippen LogP contribution in [0.25, 0.3) is 0 Å². The van der Waals surface area contributed by atoms with Crippen LogP contribution in [0.3, 0.4) is 0 Å². The van der Waals surface area contributed by atoms with Crippen molar-refractivity contribution in [3.8, 4) is 0 Å². The first kappa shape index (κ1) is 19.3. The molecular weight excluding hydrogens is 278 g/mol. The fraction of sp³-hybridized carbons (Fsp3) is 1.00. The van der Waals surface area contributed by atoms with Crippen LogP contribution < -0.4 is 0 Å². The van der Waals surface area contributed by atoms with Gasteiger partial charge < -0.3 is 0 Å². The van der Waals surface area contributed by atoms with E-state index in [0.29, 0.717) is 16.4 Å². The zero-order valence-electron chi connectivity index (χ0n) is 17.5. The molecule has 0 spiro atoms. The summed E-state index contributed by atoms with van der Waals surface area (Å²) in [6, 6.07) is 0. The number of hydrogen-bond acceptors (Lipinski definition) is 1. The lowest BCUT2D eigenvalue weighted by atomic mass is 9.55. The molecule has 2 aliphatic rings. The zero-order chi connectivity index (χ0) is 17.6. The van der Waals surface area contributed by atoms with Gasteiger partial charge in [-0.3, -0.25) is 4.90 Å². The van der Waals surface area contributed by atoms with E-state index in [2.05, 4.69) is 67.2 Å². The molecule has 1 heteroatoms. The highest BCUT2D eigenvalue weighted by molar-refractivity contribution is 4.97. The maximum absolute atomic E-state index is 2.73. The molecule has 0 radical (unpaired) electrons. The van der Waals surface area contributed by atoms with Gasteiger partial charge in [-0.15, -0.1) is 0 Å². The summed E-state index contributed by atoms with van der Waals surface area (Å²) >= 11 is 0. The molecule has 1 aliphatic carbocycles. The van der Waals surface area contributed by atoms with Crippen LogP contribution in [-0.4, -0.2) is 23.5 Å². The Morgan fingerprint density at radius 3 is 1.78 bits per heavy atom. The van der Waals surface area contributed by atoms with E-state index in [4.69, 9.17) is 0 Å². The highest BCUT2D eigenvalue weighted by Gasteiger charge is 2.45. The molecule has 1 heterocycles. The van der Waals surface area contributed by atoms with Crippen molar-refractivity contribution >= 4 is 0 Å². The van der Waals surface area contributed by atoms with Crippen molar-refractivity contribution < 1.29 is 0 Å². The Balaban J connectivity index is 1.78. The first-order valence-corrected chi connectivity index (χ1v) is 10.1. The normalized spacial score (nSPS) is 27.9. The van der Waals surface area contributed by atoms with Crippen LogP contribution in [0.2, 0.25) is 0 Å². The Labute approximate surface area is 146 Å². The number of hydrogen-bond donors (Lipinski definition) is 0. The molecule has 0 atom stereocenters. The summed E-state index contributed by atoms with van der Waals surface area (Å²) in [5.74, 6) is 3.67. The van der Waals surface area contributed by atoms with E-state index in [0.717, 1.165) is 23.7 Å². The third kappa shape index (κ3) is 4.33. The van der Waals surface area contributed by atoms with Crippen molar-refractivity contribution in [2.75, 3.05) is 13.1 Å². The van der Waals surface area contributed by atoms with Gasteiger partial charge in [0.25, 0.3) is 0 Å². The van der Waals surface area contributed by atoms with Gasteiger partial charge in [-0.2, -0.15) is 0 Å². The molecule has 136 valence electrons. The van der Waals surface area contributed by atoms with E-state index in [1.54, 1.807) is 0 Å². The molecule has 2 rings (SSSR count). The molecule has 2 fully saturated rings. The Bertz CT molecular complexity index is 387. The van der Waals surface area contributed by atoms with Crippen LogP contribution in [0.4, 0.5) is 0 Å². The minimum Gasteiger partial charge on any atom is -0.298 e. The smallest absolute Gasteiger partial charge is 0.0153 e. The average molecular weight is 322 g/mol. The lowest BCUT2D eigenvalue weighted by Crippen LogP contribution is -2.58. The standard InChI is InChI=1S/C22H43N/c1-16(2)17-14-23(15-17)22(8,9)11-10-21(6,7)19-12-18(13-19)20(3,4)5/h16-19H,10-15H2,1-9H3. The first-order valence-electron chi connectivity index (χ1n) is 10.1. The van der Waals surface area contributed by atoms with E-state index in [-0.39, 0.29) is 0 Å². The van der Waals surface area contributed by atoms with Crippen molar-refractivity contribution in [3.05, 3.63) is 0 Å². The van der Waals surface area contributed by atoms with Crippen molar-refractivity contribution in [2.24, 2.45) is 34.5 Å². The van der Waals surface area contributed by atoms with Crippen LogP contribution in [0.1, 0.15) is 88.0 Å². The molecule has 1 nitrogen and oxygen atoms in total. The zero-order valence-corrected chi connectivity index (χ0v) is 17.5. The summed E-state index contributed by atoms with van der Waals surface area (Å²) in [5.41, 5.74) is 1.41. The van der Waals surface area contributed by atoms with E-state index >= 15 is 0 Å². The Morgan fingerprint density at radius 1 is 0.826 bits per heavy atom. The van der Waals surface area contributed by atoms with E-state index < -0.39 is 0 Å². The molecule has 0 aromatic heterocycles. The van der Waals surface area contributed by atoms with E-state index in [9.17, 15) is 0 Å². The minimum absolute atomic E-state index is 0.385. The molecule has 0 N–H and O–H groups in total. The fourth-order valence-electron chi connectivity index (χ4n) is 4.38. The van der Waals surface area contributed by atoms with Gasteiger partial charge in [-0.05, 0) is 74.0 Å². The van der Waals surface area contributed by atoms with Gasteiger partial charge in [0, 0.05) is 18.6 Å². The molecule has 0 unspecified atom stereocenters. The van der Waals surface area contributed by atoms with Crippen LogP contribution in [0, 0.1) is 34.5 Å². The molecule has 0 aromatic rings. The number of rotatable bonds is 6. The maximum Gasteiger partial charge on any atom is 0.0153 e. The highest BCUT2D eigenvalue weighted by atomic mass is 15.2. The van der Waals surface area contributed by atoms with Crippen molar-refractivity contribution in [1.29, 1.82) is 0 Å². The van der Waals surface area contributed by atoms with Crippen LogP contribution in [-0.2, 0) is 0 Å². The second kappa shape index (κ2) is 6.36. The summed E-state index contributed by atoms with van der Waals surface area (Å²) in [4.78, 5) is 2.73. The first-order chi connectivity index (χ1) is 10.3. The number of nitrogens with zero attached hydrogens (tertiary/aromatic N) is 1. The van der Waals surface area contributed by atoms with E-state index in [1.807, 2.05) is 0 Å². The quantitative estimate of drug-likeness (QED) is 0.560. The summed E-state index contributed by atoms with van der Waals surface area (Å²) in [6.45, 7) is 24.6. The van der Waals surface area contributed by atoms with Gasteiger partial charge in [0.2, 0.25) is 0 Å². The van der Waals surface area contributed by atoms with Gasteiger partial charge in [-0.25, -0.2) is 0 Å². The van der Waals surface area contributed by atoms with Crippen LogP contribution in [0.15, 0.2) is 0 Å². The van der Waals surface area contributed by atoms with Gasteiger partial charge in [-0.1, -0.05) is 48.5 Å². The minimum atomic E-state index is 0.385. The highest BCUT2D eigenvalue weighted by Crippen LogP contribution is 2.54. The van der Waals surface area contributed by atoms with E-state index in [1.165, 1.54) is 38.8 Å². The summed E-state index contributed by atoms with van der Waals surface area (Å²) in [7, 11) is 0. The lowest BCUT2D eigenvalue weighted by Gasteiger charge is -2.53. The Hall–Kier alpha value is -0.0400. The molecule has 1 saturated heterocycles. The van der Waals surface area contributed by atoms with Gasteiger partial charge in [0.15, 0.2) is 0 Å². The fourth-order valence-corrected chi connectivity index (χ4v) is 4.38. The summed E-state index contributed by atoms with van der Waals surface area (Å²) < 4.78 is 0. The van der Waals surface area contributed by atoms with Crippen molar-refractivity contribution in [2.45, 2.75) is 93.5 Å². The predicted molar refractivity (Wildman–Crippen MR) is 103 cm³/mol. The topological polar surface area (TPSA) is 3.24 Å². The van der Waals surface area contributed by atoms with Gasteiger partial charge in [0.1, 0.15) is 0 Å². The molecule has 0 aromatic carbocycles. The van der Waals surface area contributed by atoms with Crippen LogP contribution >= 0.6 is 0 Å². The molecule has 0 amide bonds. The SMILES string of the molecule is CC(C)C1CN(C(C)(C)CCC(C)(C)C2CC(C(C)(C)C)C2)C1. The molecule has 23 heavy (non-hydrogen) atoms. The monoisotopic (exact) mass is 321 g/mol. The summed E-state index contributed by atoms with van der Waals surface area (Å²) in [6.07, 6.45) is 5.64. The second-order valence-corrected chi connectivity index (χ2v) is 11.4. The third-order valence-corrected chi connectivity index (χ3v) is 7.56. The molecule has 1 aliphatic heterocycles. The average Bonchev–Trinajstić information content (AvgIpc) is 2.18. The number of likely N-dealkylation sites (tertiary alicyclic amines) is 1. The lowest BCUT2D eigenvalue weighted by molar-refractivity contribution is -0.0397. The third-order valence-electron chi connectivity index (χ3n) is 7.56. The van der Waals surface area contributed by atoms with Crippen LogP contribution in [0.5, 0.6) is 0 Å². The van der Waals surface area contributed by atoms with Crippen molar-refractivity contribution in [3.63, 3.8) is 0 Å². The van der Waals surface area contributed by atoms with Crippen molar-refractivity contribution in [1.82, 2.24) is 4.90 Å². The second-order valence-electron chi connectivity index (χ2n) is 11.4. The molecular formula is C22H43N. The maximum atomic E-state index is 2.73. The largest absolute Gasteiger partial charge is 0.298 e. The van der Waals surface area contributed by atoms with Gasteiger partial charge in [0.05, 0.1) is 0 Å². The molecule has 0 bridgehead atoms. The molecule has 1 saturated carbocycles.